The van der Waals surface area contributed by atoms with Crippen molar-refractivity contribution in [1.82, 2.24) is 10.1 Å². The topological polar surface area (TPSA) is 77.7 Å². The molecule has 0 bridgehead atoms. The average Bonchev–Trinajstić information content (AvgIpc) is 3.30. The van der Waals surface area contributed by atoms with Crippen LogP contribution in [0.25, 0.3) is 0 Å². The monoisotopic (exact) mass is 446 g/mol. The Morgan fingerprint density at radius 3 is 2.62 bits per heavy atom. The summed E-state index contributed by atoms with van der Waals surface area (Å²) in [4.78, 5) is 13.4. The van der Waals surface area contributed by atoms with Gasteiger partial charge in [-0.1, -0.05) is 12.1 Å². The molecule has 32 heavy (non-hydrogen) atoms. The molecule has 8 atom stereocenters. The Morgan fingerprint density at radius 1 is 1.09 bits per heavy atom. The van der Waals surface area contributed by atoms with E-state index in [9.17, 15) is 9.90 Å². The fourth-order valence-corrected chi connectivity index (χ4v) is 9.05. The van der Waals surface area contributed by atoms with Gasteiger partial charge in [0.25, 0.3) is 0 Å². The smallest absolute Gasteiger partial charge is 0.159 e. The van der Waals surface area contributed by atoms with Crippen molar-refractivity contribution in [2.24, 2.45) is 50.8 Å². The molecule has 0 aromatic carbocycles. The van der Waals surface area contributed by atoms with Gasteiger partial charge in [0, 0.05) is 20.1 Å². The van der Waals surface area contributed by atoms with Gasteiger partial charge < -0.3 is 9.84 Å². The number of hydrogen-bond donors (Lipinski definition) is 1. The molecule has 0 saturated heterocycles. The lowest BCUT2D eigenvalue weighted by Gasteiger charge is -2.62. The van der Waals surface area contributed by atoms with Crippen LogP contribution in [-0.4, -0.2) is 60.6 Å². The number of ether oxygens (including phenoxy) is 1. The van der Waals surface area contributed by atoms with Crippen LogP contribution in [0, 0.1) is 40.4 Å². The van der Waals surface area contributed by atoms with E-state index in [-0.39, 0.29) is 16.7 Å². The molecule has 5 rings (SSSR count). The molecule has 4 fully saturated rings. The van der Waals surface area contributed by atoms with Crippen molar-refractivity contribution in [2.45, 2.75) is 77.2 Å². The summed E-state index contributed by atoms with van der Waals surface area (Å²) in [7, 11) is 3.79. The predicted molar refractivity (Wildman–Crippen MR) is 121 cm³/mol. The Labute approximate surface area is 192 Å². The van der Waals surface area contributed by atoms with E-state index in [0.29, 0.717) is 42.7 Å². The van der Waals surface area contributed by atoms with Crippen LogP contribution in [0.5, 0.6) is 0 Å². The second-order valence-corrected chi connectivity index (χ2v) is 12.2. The van der Waals surface area contributed by atoms with E-state index in [1.165, 1.54) is 25.7 Å². The molecule has 180 valence electrons. The number of carbonyl (C=O) groups is 1. The second kappa shape index (κ2) is 8.02. The number of hydrogen-bond acceptors (Lipinski definition) is 7. The van der Waals surface area contributed by atoms with Crippen LogP contribution in [0.4, 0.5) is 0 Å². The van der Waals surface area contributed by atoms with Crippen LogP contribution in [0.2, 0.25) is 0 Å². The Bertz CT molecular complexity index is 772. The molecule has 0 spiro atoms. The molecule has 1 N–H and O–H groups in total. The van der Waals surface area contributed by atoms with Gasteiger partial charge in [0.2, 0.25) is 0 Å². The van der Waals surface area contributed by atoms with Crippen molar-refractivity contribution >= 4 is 5.78 Å². The molecular weight excluding hydrogens is 404 g/mol. The summed E-state index contributed by atoms with van der Waals surface area (Å²) in [6.45, 7) is 6.16. The predicted octanol–water partition coefficient (Wildman–Crippen LogP) is 4.08. The fourth-order valence-electron chi connectivity index (χ4n) is 9.05. The summed E-state index contributed by atoms with van der Waals surface area (Å²) in [6.07, 6.45) is 9.87. The maximum absolute atomic E-state index is 13.4. The Hall–Kier alpha value is -1.05. The van der Waals surface area contributed by atoms with Crippen LogP contribution in [-0.2, 0) is 9.53 Å². The van der Waals surface area contributed by atoms with Crippen molar-refractivity contribution in [3.05, 3.63) is 0 Å². The normalized spacial score (nSPS) is 48.4. The fraction of sp³-hybridized carbons (Fsp3) is 0.960. The molecule has 0 radical (unpaired) electrons. The highest BCUT2D eigenvalue weighted by molar-refractivity contribution is 5.84. The number of carbonyl (C=O) groups excluding carboxylic acids is 1. The quantitative estimate of drug-likeness (QED) is 0.689. The van der Waals surface area contributed by atoms with E-state index < -0.39 is 5.60 Å². The molecule has 1 heterocycles. The summed E-state index contributed by atoms with van der Waals surface area (Å²) in [5, 5.41) is 22.6. The zero-order valence-electron chi connectivity index (χ0n) is 20.4. The molecule has 0 aromatic heterocycles. The maximum atomic E-state index is 13.4. The first kappa shape index (κ1) is 22.7. The summed E-state index contributed by atoms with van der Waals surface area (Å²) in [5.41, 5.74) is -0.209. The van der Waals surface area contributed by atoms with Crippen molar-refractivity contribution in [3.8, 4) is 0 Å². The molecule has 7 nitrogen and oxygen atoms in total. The molecule has 0 amide bonds. The molecule has 0 unspecified atom stereocenters. The van der Waals surface area contributed by atoms with E-state index in [1.54, 1.807) is 5.12 Å². The van der Waals surface area contributed by atoms with Crippen molar-refractivity contribution < 1.29 is 14.6 Å². The summed E-state index contributed by atoms with van der Waals surface area (Å²) >= 11 is 0. The largest absolute Gasteiger partial charge is 0.390 e. The number of Topliss-reactive ketones (excluding diaryl/α,β-unsaturated/α-hetero) is 1. The number of hydrazine groups is 1. The van der Waals surface area contributed by atoms with Gasteiger partial charge in [-0.25, -0.2) is 0 Å². The number of methoxy groups -OCH3 is 1. The minimum absolute atomic E-state index is 0.106. The summed E-state index contributed by atoms with van der Waals surface area (Å²) < 4.78 is 5.87. The lowest BCUT2D eigenvalue weighted by Crippen LogP contribution is -2.58. The SMILES string of the molecule is COC[C@]12CC[C@@](C)(O)C[C@@H]1CC[C@H]1[C@@H]3CC[C@H](C(=O)CN4N=NCN4C)[C@@]3(C)CC[C@@H]12. The van der Waals surface area contributed by atoms with Crippen LogP contribution in [0.3, 0.4) is 0 Å². The highest BCUT2D eigenvalue weighted by Gasteiger charge is 2.63. The molecule has 5 aliphatic rings. The van der Waals surface area contributed by atoms with Gasteiger partial charge >= 0.3 is 0 Å². The van der Waals surface area contributed by atoms with Gasteiger partial charge in [0.05, 0.1) is 12.2 Å². The number of ketones is 1. The standard InChI is InChI=1S/C25H42N4O3/c1-23(31)11-12-25(15-32-4)17(13-23)5-6-18-19-7-8-21(24(19,2)10-9-20(18)25)22(30)14-29-27-26-16-28(29)3/h17-21,31H,5-16H2,1-4H3/t17-,18-,19-,20-,21+,23+,24-,25+/m0/s1. The maximum Gasteiger partial charge on any atom is 0.159 e. The Kier molecular flexibility index (Phi) is 5.70. The third kappa shape index (κ3) is 3.45. The molecule has 0 aromatic rings. The van der Waals surface area contributed by atoms with Gasteiger partial charge in [0.15, 0.2) is 5.78 Å². The molecule has 4 aliphatic carbocycles. The van der Waals surface area contributed by atoms with Crippen LogP contribution < -0.4 is 0 Å². The van der Waals surface area contributed by atoms with Crippen LogP contribution >= 0.6 is 0 Å². The molecule has 4 saturated carbocycles. The number of rotatable bonds is 5. The summed E-state index contributed by atoms with van der Waals surface area (Å²) in [6, 6.07) is 0. The highest BCUT2D eigenvalue weighted by atomic mass is 16.5. The molecule has 1 aliphatic heterocycles. The van der Waals surface area contributed by atoms with Gasteiger partial charge in [-0.15, -0.1) is 0 Å². The number of fused-ring (bicyclic) bond motifs is 5. The van der Waals surface area contributed by atoms with Crippen LogP contribution in [0.1, 0.15) is 71.6 Å². The summed E-state index contributed by atoms with van der Waals surface area (Å²) in [5.74, 6) is 3.03. The number of nitrogens with zero attached hydrogens (tertiary/aromatic N) is 4. The average molecular weight is 447 g/mol. The second-order valence-electron chi connectivity index (χ2n) is 12.2. The van der Waals surface area contributed by atoms with Gasteiger partial charge in [-0.2, -0.15) is 15.2 Å². The van der Waals surface area contributed by atoms with Crippen LogP contribution in [0.15, 0.2) is 10.3 Å². The van der Waals surface area contributed by atoms with E-state index in [0.717, 1.165) is 38.7 Å². The molecule has 7 heteroatoms. The highest BCUT2D eigenvalue weighted by Crippen LogP contribution is 2.68. The Balaban J connectivity index is 1.36. The van der Waals surface area contributed by atoms with Gasteiger partial charge in [0.1, 0.15) is 13.2 Å². The van der Waals surface area contributed by atoms with Gasteiger partial charge in [-0.05, 0) is 99.2 Å². The number of aliphatic hydroxyl groups is 1. The van der Waals surface area contributed by atoms with E-state index >= 15 is 0 Å². The van der Waals surface area contributed by atoms with Crippen molar-refractivity contribution in [3.63, 3.8) is 0 Å². The molecular formula is C25H42N4O3. The van der Waals surface area contributed by atoms with E-state index in [2.05, 4.69) is 17.3 Å². The van der Waals surface area contributed by atoms with E-state index in [1.807, 2.05) is 26.1 Å². The first-order valence-corrected chi connectivity index (χ1v) is 12.8. The lowest BCUT2D eigenvalue weighted by molar-refractivity contribution is -0.175. The zero-order valence-corrected chi connectivity index (χ0v) is 20.4. The van der Waals surface area contributed by atoms with Crippen molar-refractivity contribution in [1.29, 1.82) is 0 Å². The van der Waals surface area contributed by atoms with Crippen molar-refractivity contribution in [2.75, 3.05) is 34.0 Å². The Morgan fingerprint density at radius 2 is 1.91 bits per heavy atom. The third-order valence-corrected chi connectivity index (χ3v) is 10.6. The zero-order chi connectivity index (χ0) is 22.7. The first-order valence-electron chi connectivity index (χ1n) is 12.8. The first-order chi connectivity index (χ1) is 15.2. The van der Waals surface area contributed by atoms with E-state index in [4.69, 9.17) is 4.74 Å². The third-order valence-electron chi connectivity index (χ3n) is 10.6. The van der Waals surface area contributed by atoms with Gasteiger partial charge in [-0.3, -0.25) is 4.79 Å². The minimum Gasteiger partial charge on any atom is -0.390 e. The lowest BCUT2D eigenvalue weighted by atomic mass is 9.43. The minimum atomic E-state index is -0.525.